The lowest BCUT2D eigenvalue weighted by atomic mass is 10.1. The number of halogens is 1. The minimum absolute atomic E-state index is 0.255. The van der Waals surface area contributed by atoms with Crippen molar-refractivity contribution in [3.8, 4) is 5.75 Å². The molecule has 1 aromatic carbocycles. The van der Waals surface area contributed by atoms with E-state index in [0.717, 1.165) is 5.56 Å². The lowest BCUT2D eigenvalue weighted by Gasteiger charge is -2.08. The number of hydrogen-bond acceptors (Lipinski definition) is 4. The average molecular weight is 322 g/mol. The number of rotatable bonds is 3. The number of carbonyl (C=O) groups excluding carboxylic acids is 1. The third kappa shape index (κ3) is 3.29. The van der Waals surface area contributed by atoms with E-state index in [0.29, 0.717) is 21.7 Å². The van der Waals surface area contributed by atoms with Gasteiger partial charge in [-0.25, -0.2) is 9.97 Å². The van der Waals surface area contributed by atoms with Gasteiger partial charge in [-0.05, 0) is 40.5 Å². The summed E-state index contributed by atoms with van der Waals surface area (Å²) in [5, 5.41) is 2.67. The number of hydrogen-bond donors (Lipinski definition) is 1. The Hall–Kier alpha value is -1.95. The van der Waals surface area contributed by atoms with Crippen molar-refractivity contribution in [1.82, 2.24) is 9.97 Å². The maximum atomic E-state index is 12.0. The van der Waals surface area contributed by atoms with Gasteiger partial charge >= 0.3 is 0 Å². The summed E-state index contributed by atoms with van der Waals surface area (Å²) < 4.78 is 5.80. The van der Waals surface area contributed by atoms with Crippen LogP contribution in [0.25, 0.3) is 0 Å². The summed E-state index contributed by atoms with van der Waals surface area (Å²) in [6.07, 6.45) is 3.00. The molecule has 0 radical (unpaired) electrons. The number of benzene rings is 1. The Morgan fingerprint density at radius 2 is 2.11 bits per heavy atom. The number of ether oxygens (including phenoxy) is 1. The third-order valence-electron chi connectivity index (χ3n) is 2.53. The molecule has 2 aromatic rings. The van der Waals surface area contributed by atoms with Crippen molar-refractivity contribution < 1.29 is 9.53 Å². The van der Waals surface area contributed by atoms with E-state index in [9.17, 15) is 4.79 Å². The Morgan fingerprint density at radius 1 is 1.32 bits per heavy atom. The molecule has 5 nitrogen and oxygen atoms in total. The Balaban J connectivity index is 2.18. The highest BCUT2D eigenvalue weighted by molar-refractivity contribution is 9.10. The summed E-state index contributed by atoms with van der Waals surface area (Å²) >= 11 is 3.18. The fraction of sp³-hybridized carbons (Fsp3) is 0.154. The molecule has 0 atom stereocenters. The van der Waals surface area contributed by atoms with Gasteiger partial charge in [0.2, 0.25) is 0 Å². The molecule has 1 amide bonds. The molecular formula is C13H12BrN3O2. The van der Waals surface area contributed by atoms with Gasteiger partial charge in [0, 0.05) is 5.56 Å². The summed E-state index contributed by atoms with van der Waals surface area (Å²) in [6, 6.07) is 5.26. The molecular weight excluding hydrogens is 310 g/mol. The van der Waals surface area contributed by atoms with Crippen molar-refractivity contribution >= 4 is 27.7 Å². The molecule has 0 saturated heterocycles. The Bertz CT molecular complexity index is 599. The zero-order valence-corrected chi connectivity index (χ0v) is 12.1. The predicted molar refractivity (Wildman–Crippen MR) is 75.4 cm³/mol. The van der Waals surface area contributed by atoms with Gasteiger partial charge in [0.15, 0.2) is 5.82 Å². The molecule has 0 aliphatic heterocycles. The van der Waals surface area contributed by atoms with Gasteiger partial charge in [-0.2, -0.15) is 0 Å². The summed E-state index contributed by atoms with van der Waals surface area (Å²) in [7, 11) is 1.57. The lowest BCUT2D eigenvalue weighted by Crippen LogP contribution is -2.13. The molecule has 1 aromatic heterocycles. The zero-order chi connectivity index (χ0) is 13.8. The van der Waals surface area contributed by atoms with E-state index in [1.807, 2.05) is 13.0 Å². The van der Waals surface area contributed by atoms with Crippen LogP contribution in [-0.2, 0) is 0 Å². The maximum Gasteiger partial charge on any atom is 0.256 e. The second-order valence-corrected chi connectivity index (χ2v) is 4.68. The minimum atomic E-state index is -0.255. The number of amides is 1. The van der Waals surface area contributed by atoms with E-state index in [1.165, 1.54) is 12.4 Å². The summed E-state index contributed by atoms with van der Waals surface area (Å²) in [4.78, 5) is 20.1. The number of aryl methyl sites for hydroxylation is 1. The van der Waals surface area contributed by atoms with Gasteiger partial charge in [0.25, 0.3) is 5.91 Å². The van der Waals surface area contributed by atoms with Crippen molar-refractivity contribution in [2.24, 2.45) is 0 Å². The maximum absolute atomic E-state index is 12.0. The Labute approximate surface area is 119 Å². The quantitative estimate of drug-likeness (QED) is 0.944. The Morgan fingerprint density at radius 3 is 2.74 bits per heavy atom. The molecule has 0 saturated carbocycles. The summed E-state index contributed by atoms with van der Waals surface area (Å²) in [5.74, 6) is 0.817. The highest BCUT2D eigenvalue weighted by Crippen LogP contribution is 2.19. The average Bonchev–Trinajstić information content (AvgIpc) is 2.42. The topological polar surface area (TPSA) is 64.1 Å². The first kappa shape index (κ1) is 13.5. The number of carbonyl (C=O) groups is 1. The monoisotopic (exact) mass is 321 g/mol. The highest BCUT2D eigenvalue weighted by atomic mass is 79.9. The van der Waals surface area contributed by atoms with Crippen LogP contribution < -0.4 is 10.1 Å². The van der Waals surface area contributed by atoms with E-state index in [-0.39, 0.29) is 5.91 Å². The molecule has 0 aliphatic carbocycles. The summed E-state index contributed by atoms with van der Waals surface area (Å²) in [6.45, 7) is 1.92. The second-order valence-electron chi connectivity index (χ2n) is 3.86. The van der Waals surface area contributed by atoms with Crippen LogP contribution in [0.2, 0.25) is 0 Å². The fourth-order valence-corrected chi connectivity index (χ4v) is 1.73. The molecule has 6 heteroatoms. The highest BCUT2D eigenvalue weighted by Gasteiger charge is 2.09. The van der Waals surface area contributed by atoms with Crippen LogP contribution in [0.15, 0.2) is 35.2 Å². The van der Waals surface area contributed by atoms with E-state index < -0.39 is 0 Å². The second kappa shape index (κ2) is 5.79. The van der Waals surface area contributed by atoms with Crippen LogP contribution >= 0.6 is 15.9 Å². The largest absolute Gasteiger partial charge is 0.496 e. The van der Waals surface area contributed by atoms with Crippen LogP contribution in [0.1, 0.15) is 15.9 Å². The predicted octanol–water partition coefficient (Wildman–Crippen LogP) is 2.81. The normalized spacial score (nSPS) is 10.1. The molecule has 0 bridgehead atoms. The van der Waals surface area contributed by atoms with E-state index >= 15 is 0 Å². The Kier molecular flexibility index (Phi) is 4.11. The summed E-state index contributed by atoms with van der Waals surface area (Å²) in [5.41, 5.74) is 1.48. The molecule has 0 aliphatic rings. The fourth-order valence-electron chi connectivity index (χ4n) is 1.53. The van der Waals surface area contributed by atoms with Gasteiger partial charge in [-0.1, -0.05) is 6.07 Å². The van der Waals surface area contributed by atoms with Crippen molar-refractivity contribution in [2.75, 3.05) is 12.4 Å². The van der Waals surface area contributed by atoms with Crippen LogP contribution in [0, 0.1) is 6.92 Å². The SMILES string of the molecule is COc1cc(C(=O)Nc2cnc(Br)cn2)ccc1C. The molecule has 0 spiro atoms. The molecule has 98 valence electrons. The van der Waals surface area contributed by atoms with Gasteiger partial charge in [-0.3, -0.25) is 4.79 Å². The number of nitrogens with zero attached hydrogens (tertiary/aromatic N) is 2. The number of nitrogens with one attached hydrogen (secondary N) is 1. The first-order valence-electron chi connectivity index (χ1n) is 5.53. The van der Waals surface area contributed by atoms with Crippen LogP contribution in [-0.4, -0.2) is 23.0 Å². The van der Waals surface area contributed by atoms with E-state index in [2.05, 4.69) is 31.2 Å². The standard InChI is InChI=1S/C13H12BrN3O2/c1-8-3-4-9(5-10(8)19-2)13(18)17-12-7-15-11(14)6-16-12/h3-7H,1-2H3,(H,16,17,18). The first-order valence-corrected chi connectivity index (χ1v) is 6.33. The molecule has 19 heavy (non-hydrogen) atoms. The molecule has 2 rings (SSSR count). The number of anilines is 1. The van der Waals surface area contributed by atoms with Crippen molar-refractivity contribution in [2.45, 2.75) is 6.92 Å². The van der Waals surface area contributed by atoms with Gasteiger partial charge < -0.3 is 10.1 Å². The molecule has 0 unspecified atom stereocenters. The number of methoxy groups -OCH3 is 1. The van der Waals surface area contributed by atoms with Gasteiger partial charge in [-0.15, -0.1) is 0 Å². The lowest BCUT2D eigenvalue weighted by molar-refractivity contribution is 0.102. The van der Waals surface area contributed by atoms with Crippen molar-refractivity contribution in [1.29, 1.82) is 0 Å². The van der Waals surface area contributed by atoms with Crippen LogP contribution in [0.3, 0.4) is 0 Å². The minimum Gasteiger partial charge on any atom is -0.496 e. The smallest absolute Gasteiger partial charge is 0.256 e. The zero-order valence-electron chi connectivity index (χ0n) is 10.5. The molecule has 0 fully saturated rings. The van der Waals surface area contributed by atoms with Crippen molar-refractivity contribution in [3.63, 3.8) is 0 Å². The van der Waals surface area contributed by atoms with Crippen LogP contribution in [0.5, 0.6) is 5.75 Å². The van der Waals surface area contributed by atoms with Crippen LogP contribution in [0.4, 0.5) is 5.82 Å². The molecule has 1 N–H and O–H groups in total. The molecule has 1 heterocycles. The number of aromatic nitrogens is 2. The van der Waals surface area contributed by atoms with Gasteiger partial charge in [0.1, 0.15) is 10.4 Å². The van der Waals surface area contributed by atoms with Gasteiger partial charge in [0.05, 0.1) is 19.5 Å². The van der Waals surface area contributed by atoms with E-state index in [1.54, 1.807) is 19.2 Å². The van der Waals surface area contributed by atoms with Crippen molar-refractivity contribution in [3.05, 3.63) is 46.3 Å². The van der Waals surface area contributed by atoms with E-state index in [4.69, 9.17) is 4.74 Å². The third-order valence-corrected chi connectivity index (χ3v) is 2.94. The first-order chi connectivity index (χ1) is 9.10.